The van der Waals surface area contributed by atoms with Crippen molar-refractivity contribution in [3.8, 4) is 0 Å². The summed E-state index contributed by atoms with van der Waals surface area (Å²) in [7, 11) is 0. The molecule has 2 nitrogen and oxygen atoms in total. The van der Waals surface area contributed by atoms with Crippen molar-refractivity contribution < 1.29 is 9.52 Å². The zero-order valence-electron chi connectivity index (χ0n) is 7.23. The average Bonchev–Trinajstić information content (AvgIpc) is 2.78. The number of thiophene rings is 1. The van der Waals surface area contributed by atoms with Crippen LogP contribution in [-0.2, 0) is 5.60 Å². The van der Waals surface area contributed by atoms with Crippen LogP contribution >= 0.6 is 11.3 Å². The quantitative estimate of drug-likeness (QED) is 0.797. The molecule has 0 aromatic carbocycles. The fraction of sp³-hybridized carbons (Fsp3) is 0.200. The van der Waals surface area contributed by atoms with Gasteiger partial charge in [0.15, 0.2) is 0 Å². The summed E-state index contributed by atoms with van der Waals surface area (Å²) in [4.78, 5) is 0. The van der Waals surface area contributed by atoms with Gasteiger partial charge in [0.2, 0.25) is 0 Å². The van der Waals surface area contributed by atoms with Crippen LogP contribution in [0.2, 0.25) is 0 Å². The molecule has 68 valence electrons. The number of hydrogen-bond acceptors (Lipinski definition) is 3. The van der Waals surface area contributed by atoms with Gasteiger partial charge in [0.05, 0.1) is 12.5 Å². The molecule has 2 aromatic rings. The number of aliphatic hydroxyl groups is 1. The minimum Gasteiger partial charge on any atom is -0.472 e. The summed E-state index contributed by atoms with van der Waals surface area (Å²) in [5.41, 5.74) is 0.747. The highest BCUT2D eigenvalue weighted by atomic mass is 32.1. The average molecular weight is 194 g/mol. The van der Waals surface area contributed by atoms with Crippen molar-refractivity contribution in [3.05, 3.63) is 46.5 Å². The summed E-state index contributed by atoms with van der Waals surface area (Å²) >= 11 is 1.57. The summed E-state index contributed by atoms with van der Waals surface area (Å²) in [5.74, 6) is 0. The first kappa shape index (κ1) is 8.53. The van der Waals surface area contributed by atoms with Crippen molar-refractivity contribution in [1.82, 2.24) is 0 Å². The van der Waals surface area contributed by atoms with Gasteiger partial charge in [0, 0.05) is 5.56 Å². The Morgan fingerprint density at radius 2 is 2.23 bits per heavy atom. The molecule has 0 saturated carbocycles. The van der Waals surface area contributed by atoms with Crippen molar-refractivity contribution in [2.24, 2.45) is 0 Å². The van der Waals surface area contributed by atoms with Crippen LogP contribution in [0, 0.1) is 0 Å². The Labute approximate surface area is 80.4 Å². The Hall–Kier alpha value is -1.06. The Balaban J connectivity index is 2.42. The van der Waals surface area contributed by atoms with Crippen molar-refractivity contribution in [2.75, 3.05) is 0 Å². The summed E-state index contributed by atoms with van der Waals surface area (Å²) in [6.07, 6.45) is 3.13. The molecule has 1 unspecified atom stereocenters. The highest BCUT2D eigenvalue weighted by Crippen LogP contribution is 2.30. The second-order valence-electron chi connectivity index (χ2n) is 3.10. The minimum atomic E-state index is -0.938. The van der Waals surface area contributed by atoms with E-state index in [1.54, 1.807) is 36.9 Å². The van der Waals surface area contributed by atoms with Gasteiger partial charge in [-0.2, -0.15) is 11.3 Å². The van der Waals surface area contributed by atoms with Crippen LogP contribution in [0.25, 0.3) is 0 Å². The first-order valence-electron chi connectivity index (χ1n) is 3.99. The van der Waals surface area contributed by atoms with E-state index in [4.69, 9.17) is 4.42 Å². The number of hydrogen-bond donors (Lipinski definition) is 1. The molecule has 0 fully saturated rings. The van der Waals surface area contributed by atoms with E-state index in [9.17, 15) is 5.11 Å². The minimum absolute atomic E-state index is 0.783. The van der Waals surface area contributed by atoms with Gasteiger partial charge in [-0.1, -0.05) is 0 Å². The highest BCUT2D eigenvalue weighted by molar-refractivity contribution is 7.08. The number of rotatable bonds is 2. The molecule has 0 spiro atoms. The summed E-state index contributed by atoms with van der Waals surface area (Å²) in [6, 6.07) is 3.69. The lowest BCUT2D eigenvalue weighted by molar-refractivity contribution is 0.102. The Kier molecular flexibility index (Phi) is 1.98. The number of furan rings is 1. The van der Waals surface area contributed by atoms with E-state index >= 15 is 0 Å². The molecule has 1 N–H and O–H groups in total. The topological polar surface area (TPSA) is 33.4 Å². The summed E-state index contributed by atoms with van der Waals surface area (Å²) in [5, 5.41) is 14.1. The molecule has 2 heterocycles. The third-order valence-corrected chi connectivity index (χ3v) is 2.85. The van der Waals surface area contributed by atoms with E-state index in [-0.39, 0.29) is 0 Å². The smallest absolute Gasteiger partial charge is 0.116 e. The molecule has 0 aliphatic carbocycles. The predicted molar refractivity (Wildman–Crippen MR) is 51.7 cm³/mol. The lowest BCUT2D eigenvalue weighted by Crippen LogP contribution is -2.20. The van der Waals surface area contributed by atoms with Gasteiger partial charge in [0.1, 0.15) is 5.60 Å². The molecule has 0 aliphatic rings. The van der Waals surface area contributed by atoms with Crippen LogP contribution < -0.4 is 0 Å². The van der Waals surface area contributed by atoms with Crippen molar-refractivity contribution in [1.29, 1.82) is 0 Å². The lowest BCUT2D eigenvalue weighted by Gasteiger charge is -2.20. The van der Waals surface area contributed by atoms with Gasteiger partial charge in [0.25, 0.3) is 0 Å². The van der Waals surface area contributed by atoms with Crippen LogP contribution in [-0.4, -0.2) is 5.11 Å². The van der Waals surface area contributed by atoms with E-state index in [1.165, 1.54) is 0 Å². The zero-order chi connectivity index (χ0) is 9.31. The molecule has 2 rings (SSSR count). The molecular weight excluding hydrogens is 184 g/mol. The fourth-order valence-corrected chi connectivity index (χ4v) is 2.01. The monoisotopic (exact) mass is 194 g/mol. The van der Waals surface area contributed by atoms with Crippen LogP contribution in [0.4, 0.5) is 0 Å². The standard InChI is InChI=1S/C10H10O2S/c1-10(11,8-2-4-12-6-8)9-3-5-13-7-9/h2-7,11H,1H3. The maximum atomic E-state index is 10.2. The van der Waals surface area contributed by atoms with Crippen LogP contribution in [0.15, 0.2) is 39.8 Å². The van der Waals surface area contributed by atoms with Crippen LogP contribution in [0.5, 0.6) is 0 Å². The van der Waals surface area contributed by atoms with Gasteiger partial charge < -0.3 is 9.52 Å². The maximum absolute atomic E-state index is 10.2. The third-order valence-electron chi connectivity index (χ3n) is 2.17. The molecule has 0 aliphatic heterocycles. The van der Waals surface area contributed by atoms with Gasteiger partial charge in [-0.3, -0.25) is 0 Å². The van der Waals surface area contributed by atoms with E-state index in [1.807, 2.05) is 16.8 Å². The normalized spacial score (nSPS) is 15.5. The lowest BCUT2D eigenvalue weighted by atomic mass is 9.93. The van der Waals surface area contributed by atoms with Crippen molar-refractivity contribution in [3.63, 3.8) is 0 Å². The van der Waals surface area contributed by atoms with E-state index in [0.717, 1.165) is 11.1 Å². The second-order valence-corrected chi connectivity index (χ2v) is 3.88. The van der Waals surface area contributed by atoms with Crippen molar-refractivity contribution in [2.45, 2.75) is 12.5 Å². The molecule has 0 amide bonds. The largest absolute Gasteiger partial charge is 0.472 e. The van der Waals surface area contributed by atoms with E-state index in [0.29, 0.717) is 0 Å². The molecule has 1 atom stereocenters. The molecule has 13 heavy (non-hydrogen) atoms. The predicted octanol–water partition coefficient (Wildman–Crippen LogP) is 2.60. The third kappa shape index (κ3) is 1.41. The van der Waals surface area contributed by atoms with Crippen molar-refractivity contribution >= 4 is 11.3 Å². The zero-order valence-corrected chi connectivity index (χ0v) is 8.04. The summed E-state index contributed by atoms with van der Waals surface area (Å²) < 4.78 is 4.94. The Morgan fingerprint density at radius 3 is 2.77 bits per heavy atom. The van der Waals surface area contributed by atoms with Crippen LogP contribution in [0.3, 0.4) is 0 Å². The van der Waals surface area contributed by atoms with Gasteiger partial charge >= 0.3 is 0 Å². The van der Waals surface area contributed by atoms with Gasteiger partial charge in [-0.15, -0.1) is 0 Å². The van der Waals surface area contributed by atoms with Crippen LogP contribution in [0.1, 0.15) is 18.1 Å². The molecule has 3 heteroatoms. The molecule has 0 radical (unpaired) electrons. The van der Waals surface area contributed by atoms with Gasteiger partial charge in [-0.25, -0.2) is 0 Å². The summed E-state index contributed by atoms with van der Waals surface area (Å²) in [6.45, 7) is 1.76. The Morgan fingerprint density at radius 1 is 1.38 bits per heavy atom. The second kappa shape index (κ2) is 3.01. The van der Waals surface area contributed by atoms with E-state index < -0.39 is 5.60 Å². The molecule has 0 bridgehead atoms. The first-order chi connectivity index (χ1) is 6.21. The van der Waals surface area contributed by atoms with Gasteiger partial charge in [-0.05, 0) is 35.4 Å². The molecular formula is C10H10O2S. The fourth-order valence-electron chi connectivity index (χ4n) is 1.25. The molecule has 2 aromatic heterocycles. The maximum Gasteiger partial charge on any atom is 0.116 e. The highest BCUT2D eigenvalue weighted by Gasteiger charge is 2.26. The first-order valence-corrected chi connectivity index (χ1v) is 4.93. The Bertz CT molecular complexity index is 323. The van der Waals surface area contributed by atoms with E-state index in [2.05, 4.69) is 0 Å². The SMILES string of the molecule is CC(O)(c1ccoc1)c1ccsc1. The molecule has 0 saturated heterocycles.